The molecule has 0 spiro atoms. The van der Waals surface area contributed by atoms with Crippen LogP contribution in [0.25, 0.3) is 0 Å². The van der Waals surface area contributed by atoms with E-state index in [0.29, 0.717) is 13.1 Å². The Labute approximate surface area is 145 Å². The largest absolute Gasteiger partial charge is 0.392 e. The topological polar surface area (TPSA) is 64.6 Å². The van der Waals surface area contributed by atoms with Crippen molar-refractivity contribution in [1.29, 1.82) is 0 Å². The Kier molecular flexibility index (Phi) is 6.63. The van der Waals surface area contributed by atoms with Crippen molar-refractivity contribution in [3.63, 3.8) is 0 Å². The number of carbonyl (C=O) groups is 1. The lowest BCUT2D eigenvalue weighted by atomic mass is 9.73. The minimum absolute atomic E-state index is 0.173. The van der Waals surface area contributed by atoms with Gasteiger partial charge in [0.2, 0.25) is 0 Å². The lowest BCUT2D eigenvalue weighted by Gasteiger charge is -2.38. The van der Waals surface area contributed by atoms with Crippen LogP contribution in [-0.4, -0.2) is 42.8 Å². The summed E-state index contributed by atoms with van der Waals surface area (Å²) >= 11 is 0. The van der Waals surface area contributed by atoms with Crippen molar-refractivity contribution in [3.8, 4) is 0 Å². The van der Waals surface area contributed by atoms with Gasteiger partial charge in [0.15, 0.2) is 0 Å². The molecule has 0 radical (unpaired) electrons. The molecule has 1 fully saturated rings. The minimum Gasteiger partial charge on any atom is -0.392 e. The van der Waals surface area contributed by atoms with Gasteiger partial charge in [0, 0.05) is 25.0 Å². The summed E-state index contributed by atoms with van der Waals surface area (Å²) in [5, 5.41) is 16.1. The summed E-state index contributed by atoms with van der Waals surface area (Å²) in [4.78, 5) is 14.2. The second-order valence-corrected chi connectivity index (χ2v) is 7.46. The smallest absolute Gasteiger partial charge is 0.315 e. The molecule has 0 saturated heterocycles. The molecule has 3 N–H and O–H groups in total. The molecule has 0 bridgehead atoms. The van der Waals surface area contributed by atoms with E-state index in [2.05, 4.69) is 28.5 Å². The molecular formula is C19H31N3O2. The van der Waals surface area contributed by atoms with Crippen LogP contribution in [0.4, 0.5) is 4.79 Å². The van der Waals surface area contributed by atoms with E-state index < -0.39 is 0 Å². The van der Waals surface area contributed by atoms with Crippen LogP contribution < -0.4 is 10.6 Å². The molecule has 2 atom stereocenters. The molecule has 5 nitrogen and oxygen atoms in total. The van der Waals surface area contributed by atoms with Gasteiger partial charge in [0.05, 0.1) is 6.10 Å². The third-order valence-corrected chi connectivity index (χ3v) is 4.98. The monoisotopic (exact) mass is 333 g/mol. The fraction of sp³-hybridized carbons (Fsp3) is 0.632. The number of rotatable bonds is 6. The average molecular weight is 333 g/mol. The first-order valence-electron chi connectivity index (χ1n) is 8.82. The number of carbonyl (C=O) groups excluding carboxylic acids is 1. The fourth-order valence-electron chi connectivity index (χ4n) is 3.33. The van der Waals surface area contributed by atoms with Crippen molar-refractivity contribution < 1.29 is 9.90 Å². The zero-order valence-electron chi connectivity index (χ0n) is 15.1. The van der Waals surface area contributed by atoms with Gasteiger partial charge in [-0.05, 0) is 38.1 Å². The van der Waals surface area contributed by atoms with Gasteiger partial charge >= 0.3 is 6.03 Å². The van der Waals surface area contributed by atoms with Crippen molar-refractivity contribution in [2.45, 2.75) is 51.8 Å². The van der Waals surface area contributed by atoms with Crippen LogP contribution in [0.15, 0.2) is 24.3 Å². The molecule has 1 aliphatic rings. The molecule has 0 heterocycles. The van der Waals surface area contributed by atoms with Crippen molar-refractivity contribution in [1.82, 2.24) is 15.5 Å². The van der Waals surface area contributed by atoms with Gasteiger partial charge in [-0.3, -0.25) is 0 Å². The normalized spacial score (nSPS) is 24.0. The van der Waals surface area contributed by atoms with Crippen LogP contribution in [0, 0.1) is 5.41 Å². The number of urea groups is 1. The average Bonchev–Trinajstić information content (AvgIpc) is 2.55. The number of amides is 2. The Hall–Kier alpha value is -1.59. The molecule has 2 amide bonds. The number of hydrogen-bond acceptors (Lipinski definition) is 3. The Morgan fingerprint density at radius 3 is 2.62 bits per heavy atom. The Morgan fingerprint density at radius 1 is 1.25 bits per heavy atom. The molecule has 0 aromatic heterocycles. The highest BCUT2D eigenvalue weighted by atomic mass is 16.3. The van der Waals surface area contributed by atoms with Crippen LogP contribution in [0.5, 0.6) is 0 Å². The molecule has 1 aromatic carbocycles. The predicted molar refractivity (Wildman–Crippen MR) is 96.7 cm³/mol. The van der Waals surface area contributed by atoms with E-state index in [1.54, 1.807) is 0 Å². The van der Waals surface area contributed by atoms with E-state index in [0.717, 1.165) is 37.8 Å². The molecular weight excluding hydrogens is 302 g/mol. The van der Waals surface area contributed by atoms with Crippen molar-refractivity contribution in [2.24, 2.45) is 5.41 Å². The van der Waals surface area contributed by atoms with Crippen molar-refractivity contribution in [3.05, 3.63) is 35.4 Å². The highest BCUT2D eigenvalue weighted by Crippen LogP contribution is 2.35. The molecule has 5 heteroatoms. The number of aliphatic hydroxyl groups is 1. The van der Waals surface area contributed by atoms with Crippen LogP contribution in [0.3, 0.4) is 0 Å². The van der Waals surface area contributed by atoms with Crippen LogP contribution in [0.2, 0.25) is 0 Å². The van der Waals surface area contributed by atoms with Gasteiger partial charge < -0.3 is 20.6 Å². The summed E-state index contributed by atoms with van der Waals surface area (Å²) in [6.45, 7) is 3.93. The molecule has 1 aromatic rings. The van der Waals surface area contributed by atoms with Gasteiger partial charge in [-0.15, -0.1) is 0 Å². The van der Waals surface area contributed by atoms with E-state index in [1.807, 2.05) is 32.3 Å². The first-order valence-corrected chi connectivity index (χ1v) is 8.82. The van der Waals surface area contributed by atoms with Crippen molar-refractivity contribution in [2.75, 3.05) is 20.6 Å². The molecule has 134 valence electrons. The Morgan fingerprint density at radius 2 is 1.96 bits per heavy atom. The maximum Gasteiger partial charge on any atom is 0.315 e. The molecule has 1 aliphatic carbocycles. The third kappa shape index (κ3) is 5.21. The summed E-state index contributed by atoms with van der Waals surface area (Å²) in [5.41, 5.74) is 2.14. The van der Waals surface area contributed by atoms with Gasteiger partial charge in [-0.1, -0.05) is 44.0 Å². The second-order valence-electron chi connectivity index (χ2n) is 7.46. The van der Waals surface area contributed by atoms with E-state index in [4.69, 9.17) is 0 Å². The zero-order valence-corrected chi connectivity index (χ0v) is 15.1. The van der Waals surface area contributed by atoms with Crippen LogP contribution in [-0.2, 0) is 13.1 Å². The first kappa shape index (κ1) is 18.7. The van der Waals surface area contributed by atoms with Crippen molar-refractivity contribution >= 4 is 6.03 Å². The quantitative estimate of drug-likeness (QED) is 0.749. The number of hydrogen-bond donors (Lipinski definition) is 3. The van der Waals surface area contributed by atoms with E-state index >= 15 is 0 Å². The lowest BCUT2D eigenvalue weighted by Crippen LogP contribution is -2.47. The summed E-state index contributed by atoms with van der Waals surface area (Å²) in [6, 6.07) is 7.98. The summed E-state index contributed by atoms with van der Waals surface area (Å²) in [6.07, 6.45) is 3.66. The zero-order chi connectivity index (χ0) is 17.6. The Bertz CT molecular complexity index is 547. The maximum atomic E-state index is 12.1. The Balaban J connectivity index is 1.83. The third-order valence-electron chi connectivity index (χ3n) is 4.98. The maximum absolute atomic E-state index is 12.1. The van der Waals surface area contributed by atoms with Gasteiger partial charge in [-0.2, -0.15) is 0 Å². The van der Waals surface area contributed by atoms with E-state index in [1.165, 1.54) is 5.56 Å². The highest BCUT2D eigenvalue weighted by Gasteiger charge is 2.35. The summed E-state index contributed by atoms with van der Waals surface area (Å²) in [7, 11) is 4.07. The van der Waals surface area contributed by atoms with Gasteiger partial charge in [0.25, 0.3) is 0 Å². The number of benzene rings is 1. The van der Waals surface area contributed by atoms with Gasteiger partial charge in [-0.25, -0.2) is 4.79 Å². The predicted octanol–water partition coefficient (Wildman–Crippen LogP) is 2.49. The van der Waals surface area contributed by atoms with E-state index in [9.17, 15) is 9.90 Å². The lowest BCUT2D eigenvalue weighted by molar-refractivity contribution is 0.00309. The summed E-state index contributed by atoms with van der Waals surface area (Å²) < 4.78 is 0. The number of aliphatic hydroxyl groups excluding tert-OH is 1. The second kappa shape index (κ2) is 8.49. The number of nitrogens with one attached hydrogen (secondary N) is 2. The molecule has 2 rings (SSSR count). The van der Waals surface area contributed by atoms with Crippen LogP contribution >= 0.6 is 0 Å². The summed E-state index contributed by atoms with van der Waals surface area (Å²) in [5.74, 6) is 0. The fourth-order valence-corrected chi connectivity index (χ4v) is 3.33. The molecule has 0 aliphatic heterocycles. The molecule has 2 unspecified atom stereocenters. The SMILES string of the molecule is CN(C)Cc1ccccc1CNC(=O)NCC1(C)CCCCC1O. The number of nitrogens with zero attached hydrogens (tertiary/aromatic N) is 1. The molecule has 24 heavy (non-hydrogen) atoms. The standard InChI is InChI=1S/C19H31N3O2/c1-19(11-7-6-10-17(19)23)14-21-18(24)20-12-15-8-4-5-9-16(15)13-22(2)3/h4-5,8-9,17,23H,6-7,10-14H2,1-3H3,(H2,20,21,24). The molecule has 1 saturated carbocycles. The first-order chi connectivity index (χ1) is 11.4. The van der Waals surface area contributed by atoms with Crippen LogP contribution in [0.1, 0.15) is 43.7 Å². The highest BCUT2D eigenvalue weighted by molar-refractivity contribution is 5.73. The van der Waals surface area contributed by atoms with Gasteiger partial charge in [0.1, 0.15) is 0 Å². The van der Waals surface area contributed by atoms with E-state index in [-0.39, 0.29) is 17.6 Å². The minimum atomic E-state index is -0.327.